The van der Waals surface area contributed by atoms with E-state index in [9.17, 15) is 17.6 Å². The number of fused-ring (bicyclic) bond motifs is 1. The van der Waals surface area contributed by atoms with Gasteiger partial charge in [-0.15, -0.1) is 0 Å². The van der Waals surface area contributed by atoms with Gasteiger partial charge in [0, 0.05) is 11.6 Å². The molecule has 0 aliphatic carbocycles. The summed E-state index contributed by atoms with van der Waals surface area (Å²) in [5.74, 6) is -2.92. The quantitative estimate of drug-likeness (QED) is 0.531. The van der Waals surface area contributed by atoms with Crippen molar-refractivity contribution in [2.45, 2.75) is 18.7 Å². The normalized spacial score (nSPS) is 11.0. The summed E-state index contributed by atoms with van der Waals surface area (Å²) in [6.07, 6.45) is 1.43. The van der Waals surface area contributed by atoms with Crippen LogP contribution in [0.4, 0.5) is 10.1 Å². The molecule has 0 unspecified atom stereocenters. The minimum absolute atomic E-state index is 0.0893. The Hall–Kier alpha value is -2.29. The van der Waals surface area contributed by atoms with Crippen molar-refractivity contribution in [3.63, 3.8) is 0 Å². The SMILES string of the molecule is CC.O=C(O)c1cccc(S(=O)(=O)Nc2ccc(Cl)c3c(Cl)c[nH]c23)c1F. The van der Waals surface area contributed by atoms with Crippen LogP contribution in [-0.2, 0) is 10.0 Å². The maximum absolute atomic E-state index is 14.3. The van der Waals surface area contributed by atoms with Gasteiger partial charge in [-0.25, -0.2) is 17.6 Å². The summed E-state index contributed by atoms with van der Waals surface area (Å²) in [7, 11) is -4.39. The molecule has 0 bridgehead atoms. The van der Waals surface area contributed by atoms with E-state index in [-0.39, 0.29) is 5.69 Å². The highest BCUT2D eigenvalue weighted by Gasteiger charge is 2.25. The molecule has 2 aromatic carbocycles. The molecule has 3 aromatic rings. The van der Waals surface area contributed by atoms with Gasteiger partial charge in [-0.2, -0.15) is 0 Å². The summed E-state index contributed by atoms with van der Waals surface area (Å²) in [5, 5.41) is 9.94. The van der Waals surface area contributed by atoms with Gasteiger partial charge in [0.1, 0.15) is 4.90 Å². The number of halogens is 3. The highest BCUT2D eigenvalue weighted by Crippen LogP contribution is 2.35. The number of aromatic amines is 1. The lowest BCUT2D eigenvalue weighted by atomic mass is 10.2. The largest absolute Gasteiger partial charge is 0.478 e. The molecule has 6 nitrogen and oxygen atoms in total. The molecule has 0 saturated heterocycles. The first-order valence-electron chi connectivity index (χ1n) is 7.72. The molecule has 27 heavy (non-hydrogen) atoms. The maximum Gasteiger partial charge on any atom is 0.338 e. The number of hydrogen-bond donors (Lipinski definition) is 3. The van der Waals surface area contributed by atoms with Gasteiger partial charge >= 0.3 is 5.97 Å². The molecule has 0 aliphatic heterocycles. The van der Waals surface area contributed by atoms with Gasteiger partial charge in [0.25, 0.3) is 10.0 Å². The number of nitrogens with one attached hydrogen (secondary N) is 2. The molecule has 0 amide bonds. The molecule has 3 rings (SSSR count). The molecule has 0 saturated carbocycles. The number of rotatable bonds is 4. The molecule has 0 fully saturated rings. The van der Waals surface area contributed by atoms with Gasteiger partial charge in [-0.3, -0.25) is 4.72 Å². The summed E-state index contributed by atoms with van der Waals surface area (Å²) in [5.41, 5.74) is -0.339. The fourth-order valence-electron chi connectivity index (χ4n) is 2.34. The monoisotopic (exact) mass is 432 g/mol. The zero-order valence-electron chi connectivity index (χ0n) is 14.2. The van der Waals surface area contributed by atoms with Crippen LogP contribution in [0.3, 0.4) is 0 Å². The molecule has 0 aliphatic rings. The van der Waals surface area contributed by atoms with E-state index < -0.39 is 32.3 Å². The number of carboxylic acids is 1. The highest BCUT2D eigenvalue weighted by molar-refractivity contribution is 7.92. The Kier molecular flexibility index (Phi) is 6.35. The smallest absolute Gasteiger partial charge is 0.338 e. The van der Waals surface area contributed by atoms with Crippen molar-refractivity contribution in [2.24, 2.45) is 0 Å². The Labute approximate surface area is 165 Å². The highest BCUT2D eigenvalue weighted by atomic mass is 35.5. The predicted molar refractivity (Wildman–Crippen MR) is 104 cm³/mol. The van der Waals surface area contributed by atoms with Crippen molar-refractivity contribution in [2.75, 3.05) is 4.72 Å². The van der Waals surface area contributed by atoms with E-state index in [1.54, 1.807) is 0 Å². The van der Waals surface area contributed by atoms with E-state index in [1.165, 1.54) is 18.3 Å². The zero-order chi connectivity index (χ0) is 20.4. The van der Waals surface area contributed by atoms with E-state index in [1.807, 2.05) is 13.8 Å². The zero-order valence-corrected chi connectivity index (χ0v) is 16.5. The second-order valence-electron chi connectivity index (χ2n) is 5.01. The van der Waals surface area contributed by atoms with E-state index in [0.717, 1.165) is 18.2 Å². The molecule has 3 N–H and O–H groups in total. The summed E-state index contributed by atoms with van der Waals surface area (Å²) < 4.78 is 41.5. The number of anilines is 1. The number of sulfonamides is 1. The van der Waals surface area contributed by atoms with Gasteiger partial charge in [0.2, 0.25) is 0 Å². The molecular weight excluding hydrogens is 418 g/mol. The van der Waals surface area contributed by atoms with E-state index in [0.29, 0.717) is 20.9 Å². The first kappa shape index (κ1) is 21.0. The van der Waals surface area contributed by atoms with Crippen LogP contribution in [0.15, 0.2) is 41.4 Å². The van der Waals surface area contributed by atoms with Crippen LogP contribution in [0.5, 0.6) is 0 Å². The Morgan fingerprint density at radius 3 is 2.44 bits per heavy atom. The fourth-order valence-corrected chi connectivity index (χ4v) is 4.07. The van der Waals surface area contributed by atoms with Crippen molar-refractivity contribution in [3.05, 3.63) is 58.0 Å². The van der Waals surface area contributed by atoms with Gasteiger partial charge < -0.3 is 10.1 Å². The van der Waals surface area contributed by atoms with Crippen LogP contribution in [-0.4, -0.2) is 24.5 Å². The number of aromatic nitrogens is 1. The van der Waals surface area contributed by atoms with Gasteiger partial charge in [-0.05, 0) is 24.3 Å². The molecule has 10 heteroatoms. The number of benzene rings is 2. The second-order valence-corrected chi connectivity index (χ2v) is 7.48. The average Bonchev–Trinajstić information content (AvgIpc) is 3.02. The van der Waals surface area contributed by atoms with Crippen molar-refractivity contribution < 1.29 is 22.7 Å². The summed E-state index contributed by atoms with van der Waals surface area (Å²) in [6.45, 7) is 4.00. The third-order valence-electron chi connectivity index (χ3n) is 3.46. The minimum Gasteiger partial charge on any atom is -0.478 e. The number of H-pyrrole nitrogens is 1. The minimum atomic E-state index is -4.39. The maximum atomic E-state index is 14.3. The van der Waals surface area contributed by atoms with E-state index >= 15 is 0 Å². The van der Waals surface area contributed by atoms with Crippen molar-refractivity contribution in [1.82, 2.24) is 4.98 Å². The lowest BCUT2D eigenvalue weighted by molar-refractivity contribution is 0.0691. The summed E-state index contributed by atoms with van der Waals surface area (Å²) >= 11 is 12.0. The molecule has 0 radical (unpaired) electrons. The lowest BCUT2D eigenvalue weighted by Crippen LogP contribution is -2.16. The van der Waals surface area contributed by atoms with E-state index in [4.69, 9.17) is 28.3 Å². The van der Waals surface area contributed by atoms with Crippen molar-refractivity contribution in [1.29, 1.82) is 0 Å². The van der Waals surface area contributed by atoms with Crippen LogP contribution in [0.2, 0.25) is 10.0 Å². The van der Waals surface area contributed by atoms with E-state index in [2.05, 4.69) is 9.71 Å². The van der Waals surface area contributed by atoms with Crippen LogP contribution >= 0.6 is 23.2 Å². The average molecular weight is 433 g/mol. The first-order chi connectivity index (χ1) is 12.7. The molecule has 0 spiro atoms. The van der Waals surface area contributed by atoms with Gasteiger partial charge in [-0.1, -0.05) is 43.1 Å². The third-order valence-corrected chi connectivity index (χ3v) is 5.46. The van der Waals surface area contributed by atoms with Crippen LogP contribution in [0.1, 0.15) is 24.2 Å². The standard InChI is InChI=1S/C15H9Cl2FN2O4S.C2H6/c16-8-4-5-10(14-12(8)9(17)6-19-14)20-25(23,24)11-3-1-2-7(13(11)18)15(21)22;1-2/h1-6,19-20H,(H,21,22);1-2H3. The van der Waals surface area contributed by atoms with Crippen LogP contribution in [0.25, 0.3) is 10.9 Å². The van der Waals surface area contributed by atoms with Crippen molar-refractivity contribution >= 4 is 55.8 Å². The topological polar surface area (TPSA) is 99.3 Å². The molecule has 144 valence electrons. The molecule has 0 atom stereocenters. The fraction of sp³-hybridized carbons (Fsp3) is 0.118. The predicted octanol–water partition coefficient (Wildman–Crippen LogP) is 5.14. The summed E-state index contributed by atoms with van der Waals surface area (Å²) in [6, 6.07) is 5.91. The molecular formula is C17H15Cl2FN2O4S. The van der Waals surface area contributed by atoms with Crippen LogP contribution < -0.4 is 4.72 Å². The first-order valence-corrected chi connectivity index (χ1v) is 9.96. The van der Waals surface area contributed by atoms with Crippen molar-refractivity contribution in [3.8, 4) is 0 Å². The molecule has 1 heterocycles. The van der Waals surface area contributed by atoms with Gasteiger partial charge in [0.05, 0.1) is 26.8 Å². The number of carboxylic acid groups (broad SMARTS) is 1. The number of aromatic carboxylic acids is 1. The Morgan fingerprint density at radius 1 is 1.15 bits per heavy atom. The van der Waals surface area contributed by atoms with Crippen LogP contribution in [0, 0.1) is 5.82 Å². The Balaban J connectivity index is 0.00000126. The third kappa shape index (κ3) is 4.02. The Bertz CT molecular complexity index is 1110. The number of carbonyl (C=O) groups is 1. The number of hydrogen-bond acceptors (Lipinski definition) is 3. The summed E-state index contributed by atoms with van der Waals surface area (Å²) in [4.78, 5) is 13.0. The lowest BCUT2D eigenvalue weighted by Gasteiger charge is -2.11. The molecule has 1 aromatic heterocycles. The second kappa shape index (κ2) is 8.16. The van der Waals surface area contributed by atoms with Gasteiger partial charge in [0.15, 0.2) is 5.82 Å². The Morgan fingerprint density at radius 2 is 1.81 bits per heavy atom.